The molecule has 0 radical (unpaired) electrons. The highest BCUT2D eigenvalue weighted by Crippen LogP contribution is 2.21. The molecule has 0 saturated carbocycles. The van der Waals surface area contributed by atoms with Crippen LogP contribution in [-0.2, 0) is 13.2 Å². The minimum Gasteiger partial charge on any atom is -0.488 e. The van der Waals surface area contributed by atoms with Gasteiger partial charge in [-0.25, -0.2) is 4.39 Å². The Hall–Kier alpha value is -2.17. The standard InChI is InChI=1S/C14H15FN2O2/c1-3-17-8-11(7-16-17)9-19-14-6-12(15)4-5-13(14)10(2)18/h4-8H,3,9H2,1-2H3. The van der Waals surface area contributed by atoms with Crippen LogP contribution < -0.4 is 4.74 Å². The number of carbonyl (C=O) groups is 1. The molecule has 1 heterocycles. The van der Waals surface area contributed by atoms with Gasteiger partial charge in [-0.15, -0.1) is 0 Å². The summed E-state index contributed by atoms with van der Waals surface area (Å²) in [6, 6.07) is 3.90. The van der Waals surface area contributed by atoms with Crippen molar-refractivity contribution < 1.29 is 13.9 Å². The molecule has 0 unspecified atom stereocenters. The lowest BCUT2D eigenvalue weighted by Crippen LogP contribution is -2.02. The highest BCUT2D eigenvalue weighted by molar-refractivity contribution is 5.96. The SMILES string of the molecule is CCn1cc(COc2cc(F)ccc2C(C)=O)cn1. The van der Waals surface area contributed by atoms with Crippen molar-refractivity contribution in [1.29, 1.82) is 0 Å². The van der Waals surface area contributed by atoms with Gasteiger partial charge in [-0.05, 0) is 26.0 Å². The minimum atomic E-state index is -0.427. The number of nitrogens with zero attached hydrogens (tertiary/aromatic N) is 2. The summed E-state index contributed by atoms with van der Waals surface area (Å²) in [7, 11) is 0. The molecule has 100 valence electrons. The zero-order valence-corrected chi connectivity index (χ0v) is 10.9. The van der Waals surface area contributed by atoms with Crippen LogP contribution in [0.4, 0.5) is 4.39 Å². The second-order valence-corrected chi connectivity index (χ2v) is 4.19. The number of rotatable bonds is 5. The summed E-state index contributed by atoms with van der Waals surface area (Å²) >= 11 is 0. The van der Waals surface area contributed by atoms with Gasteiger partial charge in [-0.2, -0.15) is 5.10 Å². The third-order valence-electron chi connectivity index (χ3n) is 2.73. The molecule has 0 aliphatic carbocycles. The van der Waals surface area contributed by atoms with Gasteiger partial charge in [-0.1, -0.05) is 0 Å². The summed E-state index contributed by atoms with van der Waals surface area (Å²) in [5.74, 6) is -0.319. The van der Waals surface area contributed by atoms with Gasteiger partial charge in [0.15, 0.2) is 5.78 Å². The number of ether oxygens (including phenoxy) is 1. The van der Waals surface area contributed by atoms with Gasteiger partial charge >= 0.3 is 0 Å². The van der Waals surface area contributed by atoms with Crippen molar-refractivity contribution in [2.75, 3.05) is 0 Å². The first-order valence-corrected chi connectivity index (χ1v) is 6.04. The van der Waals surface area contributed by atoms with Crippen LogP contribution in [0.2, 0.25) is 0 Å². The smallest absolute Gasteiger partial charge is 0.163 e. The Morgan fingerprint density at radius 1 is 1.47 bits per heavy atom. The van der Waals surface area contributed by atoms with E-state index < -0.39 is 5.82 Å². The molecule has 19 heavy (non-hydrogen) atoms. The molecule has 1 aromatic carbocycles. The number of ketones is 1. The second kappa shape index (κ2) is 5.65. The van der Waals surface area contributed by atoms with Gasteiger partial charge in [0.2, 0.25) is 0 Å². The number of hydrogen-bond acceptors (Lipinski definition) is 3. The van der Waals surface area contributed by atoms with E-state index in [9.17, 15) is 9.18 Å². The van der Waals surface area contributed by atoms with Crippen LogP contribution in [-0.4, -0.2) is 15.6 Å². The zero-order valence-electron chi connectivity index (χ0n) is 10.9. The minimum absolute atomic E-state index is 0.153. The Bertz CT molecular complexity index is 593. The third-order valence-corrected chi connectivity index (χ3v) is 2.73. The molecule has 0 N–H and O–H groups in total. The first-order chi connectivity index (χ1) is 9.10. The summed E-state index contributed by atoms with van der Waals surface area (Å²) in [5.41, 5.74) is 1.25. The maximum Gasteiger partial charge on any atom is 0.163 e. The molecule has 0 fully saturated rings. The molecule has 0 atom stereocenters. The average Bonchev–Trinajstić information content (AvgIpc) is 2.84. The molecular formula is C14H15FN2O2. The van der Waals surface area contributed by atoms with E-state index in [0.29, 0.717) is 5.56 Å². The molecule has 2 aromatic rings. The van der Waals surface area contributed by atoms with E-state index in [-0.39, 0.29) is 18.1 Å². The number of aromatic nitrogens is 2. The molecule has 0 amide bonds. The molecule has 0 spiro atoms. The number of carbonyl (C=O) groups excluding carboxylic acids is 1. The molecule has 1 aromatic heterocycles. The van der Waals surface area contributed by atoms with Crippen LogP contribution in [0.5, 0.6) is 5.75 Å². The van der Waals surface area contributed by atoms with E-state index in [0.717, 1.165) is 12.1 Å². The molecule has 4 nitrogen and oxygen atoms in total. The molecule has 5 heteroatoms. The molecule has 2 rings (SSSR count). The Labute approximate surface area is 110 Å². The van der Waals surface area contributed by atoms with Crippen LogP contribution in [0.3, 0.4) is 0 Å². The Morgan fingerprint density at radius 2 is 2.26 bits per heavy atom. The highest BCUT2D eigenvalue weighted by Gasteiger charge is 2.10. The lowest BCUT2D eigenvalue weighted by Gasteiger charge is -2.08. The van der Waals surface area contributed by atoms with Crippen LogP contribution in [0.1, 0.15) is 29.8 Å². The molecule has 0 aliphatic rings. The van der Waals surface area contributed by atoms with Crippen molar-refractivity contribution in [1.82, 2.24) is 9.78 Å². The topological polar surface area (TPSA) is 44.1 Å². The van der Waals surface area contributed by atoms with E-state index in [1.165, 1.54) is 25.1 Å². The van der Waals surface area contributed by atoms with E-state index in [2.05, 4.69) is 5.10 Å². The van der Waals surface area contributed by atoms with Crippen molar-refractivity contribution in [3.63, 3.8) is 0 Å². The van der Waals surface area contributed by atoms with Gasteiger partial charge in [0, 0.05) is 24.4 Å². The Morgan fingerprint density at radius 3 is 2.89 bits per heavy atom. The maximum atomic E-state index is 13.2. The fourth-order valence-electron chi connectivity index (χ4n) is 1.72. The second-order valence-electron chi connectivity index (χ2n) is 4.19. The largest absolute Gasteiger partial charge is 0.488 e. The first kappa shape index (κ1) is 13.3. The van der Waals surface area contributed by atoms with Gasteiger partial charge in [0.25, 0.3) is 0 Å². The molecule has 0 saturated heterocycles. The van der Waals surface area contributed by atoms with Gasteiger partial charge in [-0.3, -0.25) is 9.48 Å². The van der Waals surface area contributed by atoms with Crippen LogP contribution in [0.25, 0.3) is 0 Å². The maximum absolute atomic E-state index is 13.2. The van der Waals surface area contributed by atoms with E-state index in [4.69, 9.17) is 4.74 Å². The summed E-state index contributed by atoms with van der Waals surface area (Å²) in [4.78, 5) is 11.4. The quantitative estimate of drug-likeness (QED) is 0.778. The summed E-state index contributed by atoms with van der Waals surface area (Å²) in [6.07, 6.45) is 3.54. The predicted octanol–water partition coefficient (Wildman–Crippen LogP) is 2.82. The monoisotopic (exact) mass is 262 g/mol. The lowest BCUT2D eigenvalue weighted by molar-refractivity contribution is 0.101. The Kier molecular flexibility index (Phi) is 3.94. The molecule has 0 aliphatic heterocycles. The summed E-state index contributed by atoms with van der Waals surface area (Å²) in [6.45, 7) is 4.44. The summed E-state index contributed by atoms with van der Waals surface area (Å²) < 4.78 is 20.5. The van der Waals surface area contributed by atoms with Gasteiger partial charge in [0.05, 0.1) is 11.8 Å². The fourth-order valence-corrected chi connectivity index (χ4v) is 1.72. The number of Topliss-reactive ketones (excluding diaryl/α,β-unsaturated/α-hetero) is 1. The van der Waals surface area contributed by atoms with Crippen molar-refractivity contribution in [2.45, 2.75) is 27.0 Å². The van der Waals surface area contributed by atoms with Gasteiger partial charge in [0.1, 0.15) is 18.2 Å². The molecular weight excluding hydrogens is 247 g/mol. The highest BCUT2D eigenvalue weighted by atomic mass is 19.1. The summed E-state index contributed by atoms with van der Waals surface area (Å²) in [5, 5.41) is 4.12. The lowest BCUT2D eigenvalue weighted by atomic mass is 10.1. The van der Waals surface area contributed by atoms with Crippen molar-refractivity contribution in [3.8, 4) is 5.75 Å². The van der Waals surface area contributed by atoms with E-state index >= 15 is 0 Å². The fraction of sp³-hybridized carbons (Fsp3) is 0.286. The van der Waals surface area contributed by atoms with Gasteiger partial charge < -0.3 is 4.74 Å². The zero-order chi connectivity index (χ0) is 13.8. The molecule has 0 bridgehead atoms. The predicted molar refractivity (Wildman–Crippen MR) is 68.6 cm³/mol. The van der Waals surface area contributed by atoms with Crippen molar-refractivity contribution in [2.24, 2.45) is 0 Å². The van der Waals surface area contributed by atoms with Crippen molar-refractivity contribution >= 4 is 5.78 Å². The van der Waals surface area contributed by atoms with Crippen LogP contribution >= 0.6 is 0 Å². The normalized spacial score (nSPS) is 10.5. The van der Waals surface area contributed by atoms with Crippen LogP contribution in [0.15, 0.2) is 30.6 Å². The Balaban J connectivity index is 2.14. The first-order valence-electron chi connectivity index (χ1n) is 6.04. The van der Waals surface area contributed by atoms with Crippen LogP contribution in [0, 0.1) is 5.82 Å². The van der Waals surface area contributed by atoms with Crippen molar-refractivity contribution in [3.05, 3.63) is 47.5 Å². The average molecular weight is 262 g/mol. The van der Waals surface area contributed by atoms with E-state index in [1.807, 2.05) is 13.1 Å². The number of benzene rings is 1. The number of hydrogen-bond donors (Lipinski definition) is 0. The van der Waals surface area contributed by atoms with E-state index in [1.54, 1.807) is 10.9 Å². The number of halogens is 1. The number of aryl methyl sites for hydroxylation is 1. The third kappa shape index (κ3) is 3.19.